The lowest BCUT2D eigenvalue weighted by Gasteiger charge is -2.56. The van der Waals surface area contributed by atoms with Crippen LogP contribution in [0.2, 0.25) is 0 Å². The summed E-state index contributed by atoms with van der Waals surface area (Å²) in [5.41, 5.74) is 0.811. The van der Waals surface area contributed by atoms with Crippen LogP contribution in [0.15, 0.2) is 54.6 Å². The Hall–Kier alpha value is -3.35. The highest BCUT2D eigenvalue weighted by Gasteiger charge is 2.51. The Bertz CT molecular complexity index is 1020. The van der Waals surface area contributed by atoms with Gasteiger partial charge in [-0.1, -0.05) is 30.3 Å². The molecule has 4 fully saturated rings. The smallest absolute Gasteiger partial charge is 0.321 e. The molecule has 4 aliphatic rings. The van der Waals surface area contributed by atoms with E-state index in [2.05, 4.69) is 16.0 Å². The summed E-state index contributed by atoms with van der Waals surface area (Å²) in [5, 5.41) is 8.33. The monoisotopic (exact) mass is 447 g/mol. The van der Waals surface area contributed by atoms with Gasteiger partial charge < -0.3 is 15.4 Å². The number of carbonyl (C=O) groups excluding carboxylic acids is 3. The predicted octanol–water partition coefficient (Wildman–Crippen LogP) is 4.11. The zero-order valence-electron chi connectivity index (χ0n) is 18.5. The fourth-order valence-electron chi connectivity index (χ4n) is 6.34. The summed E-state index contributed by atoms with van der Waals surface area (Å²) in [5.74, 6) is 1.51. The highest BCUT2D eigenvalue weighted by Crippen LogP contribution is 2.55. The molecule has 0 unspecified atom stereocenters. The van der Waals surface area contributed by atoms with Crippen molar-refractivity contribution in [1.82, 2.24) is 10.6 Å². The number of nitrogens with one attached hydrogen (secondary N) is 3. The Kier molecular flexibility index (Phi) is 5.79. The molecule has 2 aromatic rings. The second-order valence-corrected chi connectivity index (χ2v) is 9.81. The number of benzene rings is 2. The van der Waals surface area contributed by atoms with Crippen LogP contribution in [0.1, 0.15) is 48.9 Å². The largest absolute Gasteiger partial charge is 0.483 e. The molecule has 4 amide bonds. The van der Waals surface area contributed by atoms with E-state index >= 15 is 0 Å². The summed E-state index contributed by atoms with van der Waals surface area (Å²) >= 11 is 0. The minimum Gasteiger partial charge on any atom is -0.483 e. The van der Waals surface area contributed by atoms with Gasteiger partial charge in [-0.3, -0.25) is 14.9 Å². The molecule has 7 heteroatoms. The van der Waals surface area contributed by atoms with Crippen molar-refractivity contribution in [2.75, 3.05) is 11.9 Å². The molecule has 3 N–H and O–H groups in total. The summed E-state index contributed by atoms with van der Waals surface area (Å²) in [7, 11) is 0. The highest BCUT2D eigenvalue weighted by atomic mass is 16.5. The first-order chi connectivity index (χ1) is 16.0. The summed E-state index contributed by atoms with van der Waals surface area (Å²) in [6, 6.07) is 15.4. The lowest BCUT2D eigenvalue weighted by molar-refractivity contribution is -0.122. The number of hydrogen-bond acceptors (Lipinski definition) is 4. The SMILES string of the molecule is O=C(COc1ccccc1C(=O)Nc1ccccc1)NC(=O)NC12CC3CC(CC(C3)C1)C2. The van der Waals surface area contributed by atoms with E-state index in [9.17, 15) is 14.4 Å². The van der Waals surface area contributed by atoms with Gasteiger partial charge in [-0.05, 0) is 80.5 Å². The third-order valence-corrected chi connectivity index (χ3v) is 7.19. The van der Waals surface area contributed by atoms with Gasteiger partial charge in [-0.2, -0.15) is 0 Å². The van der Waals surface area contributed by atoms with Gasteiger partial charge in [0.2, 0.25) is 0 Å². The molecule has 172 valence electrons. The van der Waals surface area contributed by atoms with Crippen LogP contribution in [0.25, 0.3) is 0 Å². The zero-order chi connectivity index (χ0) is 22.8. The maximum Gasteiger partial charge on any atom is 0.321 e. The summed E-state index contributed by atoms with van der Waals surface area (Å²) in [6.45, 7) is -0.357. The van der Waals surface area contributed by atoms with E-state index < -0.39 is 11.9 Å². The van der Waals surface area contributed by atoms with Crippen molar-refractivity contribution in [3.8, 4) is 5.75 Å². The zero-order valence-corrected chi connectivity index (χ0v) is 18.5. The van der Waals surface area contributed by atoms with E-state index in [1.54, 1.807) is 36.4 Å². The number of amides is 4. The number of anilines is 1. The normalized spacial score (nSPS) is 27.0. The Morgan fingerprint density at radius 2 is 1.45 bits per heavy atom. The second kappa shape index (κ2) is 8.89. The fourth-order valence-corrected chi connectivity index (χ4v) is 6.34. The van der Waals surface area contributed by atoms with Crippen molar-refractivity contribution in [3.63, 3.8) is 0 Å². The van der Waals surface area contributed by atoms with Crippen molar-refractivity contribution in [2.24, 2.45) is 17.8 Å². The molecule has 6 rings (SSSR count). The van der Waals surface area contributed by atoms with Crippen LogP contribution >= 0.6 is 0 Å². The third kappa shape index (κ3) is 4.87. The van der Waals surface area contributed by atoms with Gasteiger partial charge in [-0.25, -0.2) is 4.79 Å². The van der Waals surface area contributed by atoms with Gasteiger partial charge in [-0.15, -0.1) is 0 Å². The molecular formula is C26H29N3O4. The van der Waals surface area contributed by atoms with Crippen LogP contribution in [-0.4, -0.2) is 30.0 Å². The van der Waals surface area contributed by atoms with Gasteiger partial charge in [0.05, 0.1) is 5.56 Å². The molecule has 0 spiro atoms. The van der Waals surface area contributed by atoms with Crippen molar-refractivity contribution in [1.29, 1.82) is 0 Å². The van der Waals surface area contributed by atoms with Crippen LogP contribution in [-0.2, 0) is 4.79 Å². The average molecular weight is 448 g/mol. The predicted molar refractivity (Wildman–Crippen MR) is 124 cm³/mol. The summed E-state index contributed by atoms with van der Waals surface area (Å²) < 4.78 is 5.60. The molecule has 0 radical (unpaired) electrons. The van der Waals surface area contributed by atoms with Crippen LogP contribution in [0.3, 0.4) is 0 Å². The molecule has 0 heterocycles. The van der Waals surface area contributed by atoms with E-state index in [-0.39, 0.29) is 23.8 Å². The fraction of sp³-hybridized carbons (Fsp3) is 0.423. The Balaban J connectivity index is 1.15. The minimum atomic E-state index is -0.546. The van der Waals surface area contributed by atoms with Gasteiger partial charge in [0.1, 0.15) is 5.75 Å². The van der Waals surface area contributed by atoms with Crippen LogP contribution in [0, 0.1) is 17.8 Å². The topological polar surface area (TPSA) is 96.5 Å². The number of urea groups is 1. The first-order valence-electron chi connectivity index (χ1n) is 11.7. The molecule has 7 nitrogen and oxygen atoms in total. The molecule has 0 atom stereocenters. The maximum atomic E-state index is 12.7. The molecule has 4 saturated carbocycles. The maximum absolute atomic E-state index is 12.7. The lowest BCUT2D eigenvalue weighted by Crippen LogP contribution is -2.62. The highest BCUT2D eigenvalue weighted by molar-refractivity contribution is 6.06. The number of rotatable bonds is 6. The Labute approximate surface area is 193 Å². The molecule has 4 bridgehead atoms. The number of para-hydroxylation sites is 2. The number of ether oxygens (including phenoxy) is 1. The van der Waals surface area contributed by atoms with E-state index in [4.69, 9.17) is 4.74 Å². The average Bonchev–Trinajstić information content (AvgIpc) is 2.77. The molecular weight excluding hydrogens is 418 g/mol. The third-order valence-electron chi connectivity index (χ3n) is 7.19. The standard InChI is InChI=1S/C26H29N3O4/c30-23(28-25(32)29-26-13-17-10-18(14-26)12-19(11-17)15-26)16-33-22-9-5-4-8-21(22)24(31)27-20-6-2-1-3-7-20/h1-9,17-19H,10-16H2,(H,27,31)(H2,28,29,30,32). The second-order valence-electron chi connectivity index (χ2n) is 9.81. The Morgan fingerprint density at radius 1 is 0.848 bits per heavy atom. The van der Waals surface area contributed by atoms with Gasteiger partial charge >= 0.3 is 6.03 Å². The van der Waals surface area contributed by atoms with E-state index in [1.165, 1.54) is 19.3 Å². The Morgan fingerprint density at radius 3 is 2.12 bits per heavy atom. The van der Waals surface area contributed by atoms with Gasteiger partial charge in [0, 0.05) is 11.2 Å². The molecule has 4 aliphatic carbocycles. The first-order valence-corrected chi connectivity index (χ1v) is 11.7. The van der Waals surface area contributed by atoms with Crippen LogP contribution in [0.4, 0.5) is 10.5 Å². The number of hydrogen-bond donors (Lipinski definition) is 3. The molecule has 0 aliphatic heterocycles. The number of carbonyl (C=O) groups is 3. The van der Waals surface area contributed by atoms with Crippen LogP contribution in [0.5, 0.6) is 5.75 Å². The quantitative estimate of drug-likeness (QED) is 0.621. The summed E-state index contributed by atoms with van der Waals surface area (Å²) in [6.07, 6.45) is 6.90. The molecule has 33 heavy (non-hydrogen) atoms. The summed E-state index contributed by atoms with van der Waals surface area (Å²) in [4.78, 5) is 37.6. The van der Waals surface area contributed by atoms with E-state index in [1.807, 2.05) is 18.2 Å². The van der Waals surface area contributed by atoms with E-state index in [0.717, 1.165) is 19.3 Å². The molecule has 2 aromatic carbocycles. The van der Waals surface area contributed by atoms with Crippen molar-refractivity contribution >= 4 is 23.5 Å². The van der Waals surface area contributed by atoms with Gasteiger partial charge in [0.25, 0.3) is 11.8 Å². The van der Waals surface area contributed by atoms with Crippen molar-refractivity contribution < 1.29 is 19.1 Å². The first kappa shape index (κ1) is 21.5. The molecule has 0 saturated heterocycles. The number of imide groups is 1. The lowest BCUT2D eigenvalue weighted by atomic mass is 9.53. The minimum absolute atomic E-state index is 0.165. The molecule has 0 aromatic heterocycles. The van der Waals surface area contributed by atoms with Crippen molar-refractivity contribution in [3.05, 3.63) is 60.2 Å². The van der Waals surface area contributed by atoms with Crippen LogP contribution < -0.4 is 20.7 Å². The van der Waals surface area contributed by atoms with Gasteiger partial charge in [0.15, 0.2) is 6.61 Å². The van der Waals surface area contributed by atoms with E-state index in [0.29, 0.717) is 29.0 Å². The van der Waals surface area contributed by atoms with Crippen molar-refractivity contribution in [2.45, 2.75) is 44.1 Å².